The number of nitrogens with zero attached hydrogens (tertiary/aromatic N) is 1. The molecule has 0 aliphatic carbocycles. The maximum absolute atomic E-state index is 13.5. The molecule has 0 unspecified atom stereocenters. The SMILES string of the molecule is CCOc1ccc(-n2cc(C(=O)Nc3ccccc3C(F)(F)F)c3cc(OC)c(OC)cc3c2=O)cc1. The third-order valence-corrected chi connectivity index (χ3v) is 5.67. The van der Waals surface area contributed by atoms with Crippen LogP contribution in [-0.2, 0) is 6.18 Å². The second-order valence-corrected chi connectivity index (χ2v) is 7.90. The summed E-state index contributed by atoms with van der Waals surface area (Å²) in [5, 5.41) is 2.65. The van der Waals surface area contributed by atoms with E-state index in [9.17, 15) is 22.8 Å². The monoisotopic (exact) mass is 512 g/mol. The zero-order chi connectivity index (χ0) is 26.7. The molecule has 0 spiro atoms. The molecule has 0 saturated carbocycles. The molecule has 10 heteroatoms. The number of anilines is 1. The Hall–Kier alpha value is -4.47. The number of hydrogen-bond donors (Lipinski definition) is 1. The van der Waals surface area contributed by atoms with Crippen LogP contribution in [0.4, 0.5) is 18.9 Å². The van der Waals surface area contributed by atoms with Crippen molar-refractivity contribution in [2.24, 2.45) is 0 Å². The van der Waals surface area contributed by atoms with Gasteiger partial charge in [0.1, 0.15) is 5.75 Å². The lowest BCUT2D eigenvalue weighted by Crippen LogP contribution is -2.23. The highest BCUT2D eigenvalue weighted by molar-refractivity contribution is 6.13. The smallest absolute Gasteiger partial charge is 0.418 e. The molecule has 0 aliphatic heterocycles. The lowest BCUT2D eigenvalue weighted by Gasteiger charge is -2.17. The molecule has 7 nitrogen and oxygen atoms in total. The lowest BCUT2D eigenvalue weighted by molar-refractivity contribution is -0.136. The first-order valence-electron chi connectivity index (χ1n) is 11.2. The zero-order valence-corrected chi connectivity index (χ0v) is 20.2. The van der Waals surface area contributed by atoms with E-state index in [4.69, 9.17) is 14.2 Å². The summed E-state index contributed by atoms with van der Waals surface area (Å²) < 4.78 is 57.9. The number of ether oxygens (including phenoxy) is 3. The maximum atomic E-state index is 13.5. The third kappa shape index (κ3) is 5.09. The maximum Gasteiger partial charge on any atom is 0.418 e. The first-order chi connectivity index (χ1) is 17.7. The predicted octanol–water partition coefficient (Wildman–Crippen LogP) is 5.68. The zero-order valence-electron chi connectivity index (χ0n) is 20.2. The Morgan fingerprint density at radius 2 is 1.57 bits per heavy atom. The summed E-state index contributed by atoms with van der Waals surface area (Å²) in [5.74, 6) is 0.255. The number of nitrogens with one attached hydrogen (secondary N) is 1. The highest BCUT2D eigenvalue weighted by atomic mass is 19.4. The molecular formula is C27H23F3N2O5. The minimum Gasteiger partial charge on any atom is -0.494 e. The van der Waals surface area contributed by atoms with Crippen molar-refractivity contribution >= 4 is 22.4 Å². The van der Waals surface area contributed by atoms with Gasteiger partial charge in [0.05, 0.1) is 43.0 Å². The number of amides is 1. The topological polar surface area (TPSA) is 78.8 Å². The minimum absolute atomic E-state index is 0.0404. The Balaban J connectivity index is 1.92. The van der Waals surface area contributed by atoms with Crippen LogP contribution in [-0.4, -0.2) is 31.3 Å². The van der Waals surface area contributed by atoms with Crippen molar-refractivity contribution < 1.29 is 32.2 Å². The molecule has 1 amide bonds. The molecule has 0 aliphatic rings. The summed E-state index contributed by atoms with van der Waals surface area (Å²) in [6.45, 7) is 2.30. The number of hydrogen-bond acceptors (Lipinski definition) is 5. The van der Waals surface area contributed by atoms with Crippen LogP contribution in [0.1, 0.15) is 22.8 Å². The molecule has 1 aromatic heterocycles. The van der Waals surface area contributed by atoms with Crippen LogP contribution in [0.2, 0.25) is 0 Å². The van der Waals surface area contributed by atoms with Crippen molar-refractivity contribution in [2.75, 3.05) is 26.1 Å². The molecule has 3 aromatic carbocycles. The van der Waals surface area contributed by atoms with Gasteiger partial charge in [0.15, 0.2) is 11.5 Å². The number of alkyl halides is 3. The summed E-state index contributed by atoms with van der Waals surface area (Å²) in [4.78, 5) is 26.9. The van der Waals surface area contributed by atoms with Gasteiger partial charge in [-0.1, -0.05) is 12.1 Å². The van der Waals surface area contributed by atoms with Crippen molar-refractivity contribution in [3.05, 3.63) is 88.3 Å². The van der Waals surface area contributed by atoms with E-state index in [0.717, 1.165) is 12.1 Å². The average molecular weight is 512 g/mol. The summed E-state index contributed by atoms with van der Waals surface area (Å²) in [5.41, 5.74) is -1.48. The van der Waals surface area contributed by atoms with E-state index in [0.29, 0.717) is 18.0 Å². The van der Waals surface area contributed by atoms with Gasteiger partial charge < -0.3 is 19.5 Å². The van der Waals surface area contributed by atoms with Crippen LogP contribution in [0.5, 0.6) is 17.2 Å². The van der Waals surface area contributed by atoms with Gasteiger partial charge in [0.2, 0.25) is 0 Å². The molecule has 192 valence electrons. The third-order valence-electron chi connectivity index (χ3n) is 5.67. The fourth-order valence-electron chi connectivity index (χ4n) is 3.94. The fraction of sp³-hybridized carbons (Fsp3) is 0.185. The second kappa shape index (κ2) is 10.3. The van der Waals surface area contributed by atoms with Crippen molar-refractivity contribution in [3.63, 3.8) is 0 Å². The molecule has 0 fully saturated rings. The number of rotatable bonds is 7. The van der Waals surface area contributed by atoms with Gasteiger partial charge in [-0.15, -0.1) is 0 Å². The fourth-order valence-corrected chi connectivity index (χ4v) is 3.94. The van der Waals surface area contributed by atoms with Gasteiger partial charge in [-0.05, 0) is 55.5 Å². The number of benzene rings is 3. The Labute approximate surface area is 210 Å². The van der Waals surface area contributed by atoms with Crippen molar-refractivity contribution in [2.45, 2.75) is 13.1 Å². The normalized spacial score (nSPS) is 11.3. The van der Waals surface area contributed by atoms with Gasteiger partial charge in [0.25, 0.3) is 11.5 Å². The molecule has 4 aromatic rings. The number of methoxy groups -OCH3 is 2. The molecule has 1 N–H and O–H groups in total. The van der Waals surface area contributed by atoms with Gasteiger partial charge >= 0.3 is 6.18 Å². The second-order valence-electron chi connectivity index (χ2n) is 7.90. The van der Waals surface area contributed by atoms with Crippen molar-refractivity contribution in [1.82, 2.24) is 4.57 Å². The molecule has 1 heterocycles. The lowest BCUT2D eigenvalue weighted by atomic mass is 10.0. The predicted molar refractivity (Wildman–Crippen MR) is 133 cm³/mol. The van der Waals surface area contributed by atoms with Crippen molar-refractivity contribution in [3.8, 4) is 22.9 Å². The number of fused-ring (bicyclic) bond motifs is 1. The molecule has 0 bridgehead atoms. The summed E-state index contributed by atoms with van der Waals surface area (Å²) >= 11 is 0. The standard InChI is InChI=1S/C27H23F3N2O5/c1-4-37-17-11-9-16(10-12-17)32-15-20(18-13-23(35-2)24(36-3)14-19(18)26(32)34)25(33)31-22-8-6-5-7-21(22)27(28,29)30/h5-15H,4H2,1-3H3,(H,31,33). The minimum atomic E-state index is -4.68. The number of halogens is 3. The first kappa shape index (κ1) is 25.6. The Morgan fingerprint density at radius 1 is 0.946 bits per heavy atom. The van der Waals surface area contributed by atoms with Gasteiger partial charge in [-0.25, -0.2) is 0 Å². The van der Waals surface area contributed by atoms with Crippen molar-refractivity contribution in [1.29, 1.82) is 0 Å². The van der Waals surface area contributed by atoms with E-state index in [1.54, 1.807) is 24.3 Å². The van der Waals surface area contributed by atoms with E-state index in [-0.39, 0.29) is 27.8 Å². The summed E-state index contributed by atoms with van der Waals surface area (Å²) in [6.07, 6.45) is -3.39. The first-order valence-corrected chi connectivity index (χ1v) is 11.2. The van der Waals surface area contributed by atoms with Crippen LogP contribution in [0.25, 0.3) is 16.5 Å². The quantitative estimate of drug-likeness (QED) is 0.345. The average Bonchev–Trinajstić information content (AvgIpc) is 2.88. The van der Waals surface area contributed by atoms with Crippen LogP contribution in [0.3, 0.4) is 0 Å². The summed E-state index contributed by atoms with van der Waals surface area (Å²) in [7, 11) is 2.80. The number of carbonyl (C=O) groups excluding carboxylic acids is 1. The highest BCUT2D eigenvalue weighted by Crippen LogP contribution is 2.36. The van der Waals surface area contributed by atoms with Gasteiger partial charge in [-0.3, -0.25) is 14.2 Å². The van der Waals surface area contributed by atoms with E-state index < -0.39 is 28.9 Å². The molecule has 0 saturated heterocycles. The molecule has 0 radical (unpaired) electrons. The number of pyridine rings is 1. The number of para-hydroxylation sites is 1. The van der Waals surface area contributed by atoms with Crippen LogP contribution in [0, 0.1) is 0 Å². The van der Waals surface area contributed by atoms with E-state index in [1.165, 1.54) is 49.2 Å². The van der Waals surface area contributed by atoms with E-state index >= 15 is 0 Å². The van der Waals surface area contributed by atoms with Gasteiger partial charge in [0, 0.05) is 17.3 Å². The van der Waals surface area contributed by atoms with Crippen LogP contribution >= 0.6 is 0 Å². The largest absolute Gasteiger partial charge is 0.494 e. The number of aromatic nitrogens is 1. The highest BCUT2D eigenvalue weighted by Gasteiger charge is 2.34. The molecular weight excluding hydrogens is 489 g/mol. The van der Waals surface area contributed by atoms with E-state index in [2.05, 4.69) is 5.32 Å². The molecule has 37 heavy (non-hydrogen) atoms. The van der Waals surface area contributed by atoms with Crippen LogP contribution < -0.4 is 25.1 Å². The van der Waals surface area contributed by atoms with E-state index in [1.807, 2.05) is 6.92 Å². The molecule has 0 atom stereocenters. The Morgan fingerprint density at radius 3 is 2.16 bits per heavy atom. The number of carbonyl (C=O) groups is 1. The summed E-state index contributed by atoms with van der Waals surface area (Å²) in [6, 6.07) is 14.2. The van der Waals surface area contributed by atoms with Crippen LogP contribution in [0.15, 0.2) is 71.7 Å². The molecule has 4 rings (SSSR count). The Kier molecular flexibility index (Phi) is 7.10. The van der Waals surface area contributed by atoms with Gasteiger partial charge in [-0.2, -0.15) is 13.2 Å². The Bertz CT molecular complexity index is 1510.